The SMILES string of the molecule is CCc1nc(CNC(=O)N[C@H](C)Cc2cccs2)cs1. The van der Waals surface area contributed by atoms with Crippen molar-refractivity contribution in [2.45, 2.75) is 39.3 Å². The quantitative estimate of drug-likeness (QED) is 0.861. The van der Waals surface area contributed by atoms with Gasteiger partial charge in [0.05, 0.1) is 17.2 Å². The van der Waals surface area contributed by atoms with Crippen molar-refractivity contribution >= 4 is 28.7 Å². The lowest BCUT2D eigenvalue weighted by molar-refractivity contribution is 0.237. The van der Waals surface area contributed by atoms with E-state index in [0.29, 0.717) is 6.54 Å². The summed E-state index contributed by atoms with van der Waals surface area (Å²) in [5, 5.41) is 10.9. The van der Waals surface area contributed by atoms with Crippen LogP contribution in [0.25, 0.3) is 0 Å². The Kier molecular flexibility index (Phi) is 5.55. The fourth-order valence-corrected chi connectivity index (χ4v) is 3.40. The molecule has 0 saturated carbocycles. The predicted molar refractivity (Wildman–Crippen MR) is 84.3 cm³/mol. The summed E-state index contributed by atoms with van der Waals surface area (Å²) in [5.41, 5.74) is 0.924. The minimum absolute atomic E-state index is 0.121. The first-order chi connectivity index (χ1) is 9.67. The molecular formula is C14H19N3OS2. The van der Waals surface area contributed by atoms with Crippen molar-refractivity contribution in [2.24, 2.45) is 0 Å². The summed E-state index contributed by atoms with van der Waals surface area (Å²) in [7, 11) is 0. The molecule has 2 aromatic rings. The van der Waals surface area contributed by atoms with Gasteiger partial charge in [0.25, 0.3) is 0 Å². The third kappa shape index (κ3) is 4.61. The summed E-state index contributed by atoms with van der Waals surface area (Å²) in [6.45, 7) is 4.57. The monoisotopic (exact) mass is 309 g/mol. The van der Waals surface area contributed by atoms with Gasteiger partial charge in [-0.3, -0.25) is 0 Å². The number of aryl methyl sites for hydroxylation is 1. The minimum Gasteiger partial charge on any atom is -0.335 e. The molecule has 0 spiro atoms. The van der Waals surface area contributed by atoms with Gasteiger partial charge in [-0.25, -0.2) is 9.78 Å². The molecule has 108 valence electrons. The second kappa shape index (κ2) is 7.40. The lowest BCUT2D eigenvalue weighted by Crippen LogP contribution is -2.41. The number of urea groups is 1. The zero-order chi connectivity index (χ0) is 14.4. The van der Waals surface area contributed by atoms with Gasteiger partial charge in [0.1, 0.15) is 0 Å². The van der Waals surface area contributed by atoms with Gasteiger partial charge in [-0.15, -0.1) is 22.7 Å². The van der Waals surface area contributed by atoms with Gasteiger partial charge in [0, 0.05) is 22.7 Å². The molecule has 0 bridgehead atoms. The topological polar surface area (TPSA) is 54.0 Å². The molecule has 0 aromatic carbocycles. The molecule has 2 rings (SSSR count). The number of carbonyl (C=O) groups excluding carboxylic acids is 1. The largest absolute Gasteiger partial charge is 0.335 e. The van der Waals surface area contributed by atoms with E-state index in [1.54, 1.807) is 22.7 Å². The van der Waals surface area contributed by atoms with E-state index in [-0.39, 0.29) is 12.1 Å². The van der Waals surface area contributed by atoms with Crippen LogP contribution in [0.3, 0.4) is 0 Å². The van der Waals surface area contributed by atoms with Crippen molar-refractivity contribution in [2.75, 3.05) is 0 Å². The highest BCUT2D eigenvalue weighted by molar-refractivity contribution is 7.10. The van der Waals surface area contributed by atoms with Crippen LogP contribution >= 0.6 is 22.7 Å². The number of hydrogen-bond acceptors (Lipinski definition) is 4. The molecule has 0 aliphatic heterocycles. The van der Waals surface area contributed by atoms with Crippen LogP contribution in [0.15, 0.2) is 22.9 Å². The lowest BCUT2D eigenvalue weighted by Gasteiger charge is -2.13. The Balaban J connectivity index is 1.72. The van der Waals surface area contributed by atoms with Crippen LogP contribution in [0.2, 0.25) is 0 Å². The van der Waals surface area contributed by atoms with Gasteiger partial charge >= 0.3 is 6.03 Å². The number of hydrogen-bond donors (Lipinski definition) is 2. The molecule has 0 fully saturated rings. The van der Waals surface area contributed by atoms with E-state index in [2.05, 4.69) is 34.0 Å². The average molecular weight is 309 g/mol. The highest BCUT2D eigenvalue weighted by Gasteiger charge is 2.09. The van der Waals surface area contributed by atoms with Gasteiger partial charge in [-0.05, 0) is 24.8 Å². The second-order valence-corrected chi connectivity index (χ2v) is 6.57. The molecule has 4 nitrogen and oxygen atoms in total. The highest BCUT2D eigenvalue weighted by Crippen LogP contribution is 2.11. The van der Waals surface area contributed by atoms with Crippen molar-refractivity contribution < 1.29 is 4.79 Å². The van der Waals surface area contributed by atoms with E-state index < -0.39 is 0 Å². The summed E-state index contributed by atoms with van der Waals surface area (Å²) < 4.78 is 0. The normalized spacial score (nSPS) is 12.1. The van der Waals surface area contributed by atoms with Crippen molar-refractivity contribution in [1.29, 1.82) is 0 Å². The van der Waals surface area contributed by atoms with E-state index >= 15 is 0 Å². The Bertz CT molecular complexity index is 536. The Morgan fingerprint density at radius 2 is 2.30 bits per heavy atom. The van der Waals surface area contributed by atoms with Gasteiger partial charge < -0.3 is 10.6 Å². The fraction of sp³-hybridized carbons (Fsp3) is 0.429. The number of amides is 2. The molecule has 6 heteroatoms. The van der Waals surface area contributed by atoms with E-state index in [0.717, 1.165) is 23.5 Å². The average Bonchev–Trinajstić information content (AvgIpc) is 3.07. The third-order valence-corrected chi connectivity index (χ3v) is 4.74. The minimum atomic E-state index is -0.139. The Labute approximate surface area is 127 Å². The van der Waals surface area contributed by atoms with Crippen molar-refractivity contribution in [3.05, 3.63) is 38.5 Å². The fourth-order valence-electron chi connectivity index (χ4n) is 1.82. The van der Waals surface area contributed by atoms with E-state index in [1.807, 2.05) is 18.4 Å². The number of thiazole rings is 1. The molecule has 0 aliphatic rings. The van der Waals surface area contributed by atoms with E-state index in [9.17, 15) is 4.79 Å². The van der Waals surface area contributed by atoms with Crippen LogP contribution < -0.4 is 10.6 Å². The Morgan fingerprint density at radius 3 is 2.95 bits per heavy atom. The number of nitrogens with zero attached hydrogens (tertiary/aromatic N) is 1. The third-order valence-electron chi connectivity index (χ3n) is 2.80. The Morgan fingerprint density at radius 1 is 1.45 bits per heavy atom. The summed E-state index contributed by atoms with van der Waals surface area (Å²) in [6.07, 6.45) is 1.80. The molecule has 0 aliphatic carbocycles. The number of carbonyl (C=O) groups is 1. The molecule has 0 radical (unpaired) electrons. The van der Waals surface area contributed by atoms with E-state index in [1.165, 1.54) is 4.88 Å². The number of nitrogens with one attached hydrogen (secondary N) is 2. The lowest BCUT2D eigenvalue weighted by atomic mass is 10.2. The molecule has 1 atom stereocenters. The van der Waals surface area contributed by atoms with Crippen molar-refractivity contribution in [1.82, 2.24) is 15.6 Å². The summed E-state index contributed by atoms with van der Waals surface area (Å²) in [5.74, 6) is 0. The first-order valence-corrected chi connectivity index (χ1v) is 8.43. The van der Waals surface area contributed by atoms with Gasteiger partial charge in [-0.1, -0.05) is 13.0 Å². The molecule has 2 aromatic heterocycles. The summed E-state index contributed by atoms with van der Waals surface area (Å²) in [6, 6.07) is 4.10. The zero-order valence-electron chi connectivity index (χ0n) is 11.7. The summed E-state index contributed by atoms with van der Waals surface area (Å²) >= 11 is 3.35. The summed E-state index contributed by atoms with van der Waals surface area (Å²) in [4.78, 5) is 17.5. The molecular weight excluding hydrogens is 290 g/mol. The first kappa shape index (κ1) is 15.0. The van der Waals surface area contributed by atoms with E-state index in [4.69, 9.17) is 0 Å². The molecule has 0 saturated heterocycles. The van der Waals surface area contributed by atoms with Crippen LogP contribution in [0.1, 0.15) is 29.4 Å². The molecule has 0 unspecified atom stereocenters. The maximum absolute atomic E-state index is 11.8. The number of rotatable bonds is 6. The molecule has 2 heterocycles. The second-order valence-electron chi connectivity index (χ2n) is 4.60. The van der Waals surface area contributed by atoms with Crippen LogP contribution in [-0.2, 0) is 19.4 Å². The predicted octanol–water partition coefficient (Wildman–Crippen LogP) is 3.20. The van der Waals surface area contributed by atoms with Crippen LogP contribution in [-0.4, -0.2) is 17.1 Å². The Hall–Kier alpha value is -1.40. The standard InChI is InChI=1S/C14H19N3OS2/c1-3-13-17-11(9-20-13)8-15-14(18)16-10(2)7-12-5-4-6-19-12/h4-6,9-10H,3,7-8H2,1-2H3,(H2,15,16,18)/t10-/m1/s1. The smallest absolute Gasteiger partial charge is 0.315 e. The molecule has 2 N–H and O–H groups in total. The van der Waals surface area contributed by atoms with Crippen LogP contribution in [0, 0.1) is 0 Å². The van der Waals surface area contributed by atoms with Gasteiger partial charge in [-0.2, -0.15) is 0 Å². The first-order valence-electron chi connectivity index (χ1n) is 6.67. The van der Waals surface area contributed by atoms with Crippen LogP contribution in [0.4, 0.5) is 4.79 Å². The van der Waals surface area contributed by atoms with Gasteiger partial charge in [0.2, 0.25) is 0 Å². The molecule has 20 heavy (non-hydrogen) atoms. The number of thiophene rings is 1. The van der Waals surface area contributed by atoms with Crippen LogP contribution in [0.5, 0.6) is 0 Å². The number of aromatic nitrogens is 1. The van der Waals surface area contributed by atoms with Gasteiger partial charge in [0.15, 0.2) is 0 Å². The zero-order valence-corrected chi connectivity index (χ0v) is 13.3. The van der Waals surface area contributed by atoms with Crippen molar-refractivity contribution in [3.8, 4) is 0 Å². The maximum Gasteiger partial charge on any atom is 0.315 e. The maximum atomic E-state index is 11.8. The molecule has 2 amide bonds. The van der Waals surface area contributed by atoms with Crippen molar-refractivity contribution in [3.63, 3.8) is 0 Å². The highest BCUT2D eigenvalue weighted by atomic mass is 32.1.